The van der Waals surface area contributed by atoms with E-state index in [4.69, 9.17) is 0 Å². The van der Waals surface area contributed by atoms with Crippen LogP contribution in [-0.2, 0) is 6.54 Å². The molecule has 1 atom stereocenters. The summed E-state index contributed by atoms with van der Waals surface area (Å²) < 4.78 is 40.6. The first-order valence-electron chi connectivity index (χ1n) is 9.15. The number of amides is 2. The van der Waals surface area contributed by atoms with Gasteiger partial charge >= 0.3 is 12.4 Å². The number of halogens is 3. The predicted molar refractivity (Wildman–Crippen MR) is 106 cm³/mol. The van der Waals surface area contributed by atoms with Crippen molar-refractivity contribution in [1.29, 1.82) is 0 Å². The lowest BCUT2D eigenvalue weighted by Crippen LogP contribution is -2.40. The van der Waals surface area contributed by atoms with Crippen molar-refractivity contribution in [3.05, 3.63) is 95.8 Å². The van der Waals surface area contributed by atoms with E-state index in [-0.39, 0.29) is 18.3 Å². The highest BCUT2D eigenvalue weighted by atomic mass is 19.4. The maximum atomic E-state index is 12.8. The third-order valence-corrected chi connectivity index (χ3v) is 4.39. The molecular formula is C22H20F3N3O2. The van der Waals surface area contributed by atoms with Crippen LogP contribution in [0, 0.1) is 0 Å². The summed E-state index contributed by atoms with van der Waals surface area (Å²) in [5, 5.41) is 2.78. The van der Waals surface area contributed by atoms with Gasteiger partial charge in [-0.05, 0) is 35.4 Å². The second-order valence-corrected chi connectivity index (χ2v) is 6.53. The minimum absolute atomic E-state index is 0.152. The first kappa shape index (κ1) is 21.2. The fourth-order valence-electron chi connectivity index (χ4n) is 2.99. The Balaban J connectivity index is 1.69. The van der Waals surface area contributed by atoms with Crippen LogP contribution < -0.4 is 10.1 Å². The summed E-state index contributed by atoms with van der Waals surface area (Å²) in [7, 11) is 1.67. The first-order chi connectivity index (χ1) is 14.3. The quantitative estimate of drug-likeness (QED) is 0.622. The van der Waals surface area contributed by atoms with Crippen LogP contribution in [0.2, 0.25) is 0 Å². The van der Waals surface area contributed by atoms with E-state index in [9.17, 15) is 18.0 Å². The van der Waals surface area contributed by atoms with Gasteiger partial charge in [-0.25, -0.2) is 4.79 Å². The maximum Gasteiger partial charge on any atom is 0.573 e. The van der Waals surface area contributed by atoms with E-state index in [0.29, 0.717) is 5.56 Å². The molecule has 8 heteroatoms. The van der Waals surface area contributed by atoms with Crippen molar-refractivity contribution in [2.75, 3.05) is 7.05 Å². The SMILES string of the molecule is CN(C(=O)NCc1ccc(OC(F)(F)F)cc1)C(c1ccccc1)c1ccccn1. The van der Waals surface area contributed by atoms with E-state index in [2.05, 4.69) is 15.0 Å². The van der Waals surface area contributed by atoms with Crippen molar-refractivity contribution < 1.29 is 22.7 Å². The minimum Gasteiger partial charge on any atom is -0.406 e. The zero-order chi connectivity index (χ0) is 21.6. The summed E-state index contributed by atoms with van der Waals surface area (Å²) in [5.74, 6) is -0.311. The molecule has 156 valence electrons. The Bertz CT molecular complexity index is 909. The third kappa shape index (κ3) is 5.73. The van der Waals surface area contributed by atoms with Gasteiger partial charge in [0.2, 0.25) is 0 Å². The monoisotopic (exact) mass is 415 g/mol. The molecule has 0 spiro atoms. The lowest BCUT2D eigenvalue weighted by atomic mass is 10.0. The number of nitrogens with zero attached hydrogens (tertiary/aromatic N) is 2. The molecule has 30 heavy (non-hydrogen) atoms. The number of nitrogens with one attached hydrogen (secondary N) is 1. The summed E-state index contributed by atoms with van der Waals surface area (Å²) >= 11 is 0. The van der Waals surface area contributed by atoms with Crippen LogP contribution in [-0.4, -0.2) is 29.3 Å². The summed E-state index contributed by atoms with van der Waals surface area (Å²) in [6.07, 6.45) is -3.07. The second-order valence-electron chi connectivity index (χ2n) is 6.53. The molecule has 1 unspecified atom stereocenters. The topological polar surface area (TPSA) is 54.5 Å². The standard InChI is InChI=1S/C22H20F3N3O2/c1-28(20(17-7-3-2-4-8-17)19-9-5-6-14-26-19)21(29)27-15-16-10-12-18(13-11-16)30-22(23,24)25/h2-14,20H,15H2,1H3,(H,27,29). The van der Waals surface area contributed by atoms with E-state index < -0.39 is 12.4 Å². The number of ether oxygens (including phenoxy) is 1. The Kier molecular flexibility index (Phi) is 6.56. The number of carbonyl (C=O) groups is 1. The van der Waals surface area contributed by atoms with Gasteiger partial charge in [-0.2, -0.15) is 0 Å². The Morgan fingerprint density at radius 3 is 2.30 bits per heavy atom. The number of hydrogen-bond donors (Lipinski definition) is 1. The van der Waals surface area contributed by atoms with Crippen LogP contribution in [0.15, 0.2) is 79.0 Å². The molecule has 0 saturated heterocycles. The van der Waals surface area contributed by atoms with Gasteiger partial charge in [0.05, 0.1) is 5.69 Å². The van der Waals surface area contributed by atoms with Crippen molar-refractivity contribution in [1.82, 2.24) is 15.2 Å². The number of aromatic nitrogens is 1. The molecule has 2 amide bonds. The molecule has 0 radical (unpaired) electrons. The lowest BCUT2D eigenvalue weighted by Gasteiger charge is -2.28. The summed E-state index contributed by atoms with van der Waals surface area (Å²) in [5.41, 5.74) is 2.26. The maximum absolute atomic E-state index is 12.8. The number of rotatable bonds is 6. The fraction of sp³-hybridized carbons (Fsp3) is 0.182. The number of carbonyl (C=O) groups excluding carboxylic acids is 1. The zero-order valence-corrected chi connectivity index (χ0v) is 16.1. The predicted octanol–water partition coefficient (Wildman–Crippen LogP) is 4.91. The minimum atomic E-state index is -4.74. The number of benzene rings is 2. The molecule has 1 heterocycles. The molecule has 0 fully saturated rings. The number of alkyl halides is 3. The van der Waals surface area contributed by atoms with E-state index in [1.807, 2.05) is 42.5 Å². The Labute approximate surface area is 172 Å². The Hall–Kier alpha value is -3.55. The molecule has 1 N–H and O–H groups in total. The van der Waals surface area contributed by atoms with Crippen molar-refractivity contribution in [3.8, 4) is 5.75 Å². The first-order valence-corrected chi connectivity index (χ1v) is 9.15. The number of pyridine rings is 1. The molecule has 0 aliphatic rings. The smallest absolute Gasteiger partial charge is 0.406 e. The summed E-state index contributed by atoms with van der Waals surface area (Å²) in [4.78, 5) is 18.7. The van der Waals surface area contributed by atoms with Gasteiger partial charge in [0.15, 0.2) is 0 Å². The largest absolute Gasteiger partial charge is 0.573 e. The third-order valence-electron chi connectivity index (χ3n) is 4.39. The zero-order valence-electron chi connectivity index (χ0n) is 16.1. The van der Waals surface area contributed by atoms with Crippen LogP contribution in [0.4, 0.5) is 18.0 Å². The molecule has 0 bridgehead atoms. The molecule has 0 saturated carbocycles. The van der Waals surface area contributed by atoms with Gasteiger partial charge < -0.3 is 15.0 Å². The normalized spacial score (nSPS) is 12.1. The summed E-state index contributed by atoms with van der Waals surface area (Å²) in [6, 6.07) is 19.6. The molecule has 2 aromatic carbocycles. The molecule has 3 aromatic rings. The van der Waals surface area contributed by atoms with Gasteiger partial charge in [0.1, 0.15) is 11.8 Å². The molecule has 0 aliphatic heterocycles. The average Bonchev–Trinajstić information content (AvgIpc) is 2.73. The molecule has 1 aromatic heterocycles. The molecule has 5 nitrogen and oxygen atoms in total. The Morgan fingerprint density at radius 2 is 1.70 bits per heavy atom. The summed E-state index contributed by atoms with van der Waals surface area (Å²) in [6.45, 7) is 0.152. The van der Waals surface area contributed by atoms with Gasteiger partial charge in [0.25, 0.3) is 0 Å². The van der Waals surface area contributed by atoms with Gasteiger partial charge in [-0.3, -0.25) is 4.98 Å². The molecule has 3 rings (SSSR count). The lowest BCUT2D eigenvalue weighted by molar-refractivity contribution is -0.274. The Morgan fingerprint density at radius 1 is 1.03 bits per heavy atom. The highest BCUT2D eigenvalue weighted by Crippen LogP contribution is 2.26. The highest BCUT2D eigenvalue weighted by Gasteiger charge is 2.31. The average molecular weight is 415 g/mol. The van der Waals surface area contributed by atoms with Crippen molar-refractivity contribution in [3.63, 3.8) is 0 Å². The van der Waals surface area contributed by atoms with Crippen molar-refractivity contribution in [2.45, 2.75) is 18.9 Å². The van der Waals surface area contributed by atoms with Gasteiger partial charge in [-0.15, -0.1) is 13.2 Å². The van der Waals surface area contributed by atoms with E-state index in [0.717, 1.165) is 11.3 Å². The van der Waals surface area contributed by atoms with Crippen LogP contribution in [0.25, 0.3) is 0 Å². The van der Waals surface area contributed by atoms with Gasteiger partial charge in [0, 0.05) is 19.8 Å². The van der Waals surface area contributed by atoms with Gasteiger partial charge in [-0.1, -0.05) is 48.5 Å². The van der Waals surface area contributed by atoms with Crippen LogP contribution in [0.5, 0.6) is 5.75 Å². The second kappa shape index (κ2) is 9.30. The van der Waals surface area contributed by atoms with Crippen LogP contribution in [0.3, 0.4) is 0 Å². The molecule has 0 aliphatic carbocycles. The van der Waals surface area contributed by atoms with E-state index >= 15 is 0 Å². The van der Waals surface area contributed by atoms with E-state index in [1.165, 1.54) is 24.3 Å². The number of urea groups is 1. The fourth-order valence-corrected chi connectivity index (χ4v) is 2.99. The van der Waals surface area contributed by atoms with E-state index in [1.54, 1.807) is 24.2 Å². The van der Waals surface area contributed by atoms with Crippen LogP contribution in [0.1, 0.15) is 22.9 Å². The molecular weight excluding hydrogens is 395 g/mol. The number of hydrogen-bond acceptors (Lipinski definition) is 3. The van der Waals surface area contributed by atoms with Crippen LogP contribution >= 0.6 is 0 Å². The van der Waals surface area contributed by atoms with Crippen molar-refractivity contribution >= 4 is 6.03 Å². The van der Waals surface area contributed by atoms with Crippen molar-refractivity contribution in [2.24, 2.45) is 0 Å². The highest BCUT2D eigenvalue weighted by molar-refractivity contribution is 5.75.